The number of hydrogen-bond acceptors (Lipinski definition) is 5. The van der Waals surface area contributed by atoms with Crippen molar-refractivity contribution < 1.29 is 9.21 Å². The van der Waals surface area contributed by atoms with Crippen molar-refractivity contribution in [3.8, 4) is 11.5 Å². The van der Waals surface area contributed by atoms with Gasteiger partial charge < -0.3 is 15.1 Å². The topological polar surface area (TPSA) is 80.0 Å². The Kier molecular flexibility index (Phi) is 4.81. The number of carbonyl (C=O) groups is 1. The van der Waals surface area contributed by atoms with Crippen LogP contribution in [-0.4, -0.2) is 22.5 Å². The molecule has 0 spiro atoms. The number of aromatic nitrogens is 2. The number of nitrogens with zero attached hydrogens (tertiary/aromatic N) is 2. The van der Waals surface area contributed by atoms with Crippen molar-refractivity contribution in [2.75, 3.05) is 16.9 Å². The molecule has 0 saturated heterocycles. The lowest BCUT2D eigenvalue weighted by molar-refractivity contribution is 0.262. The molecular weight excluding hydrogens is 324 g/mol. The van der Waals surface area contributed by atoms with Crippen molar-refractivity contribution in [2.45, 2.75) is 11.8 Å². The molecule has 0 bridgehead atoms. The number of anilines is 2. The van der Waals surface area contributed by atoms with Crippen LogP contribution in [0.1, 0.15) is 5.89 Å². The molecule has 24 heavy (non-hydrogen) atoms. The summed E-state index contributed by atoms with van der Waals surface area (Å²) in [6.07, 6.45) is 1.99. The number of carbonyl (C=O) groups excluding carboxylic acids is 1. The van der Waals surface area contributed by atoms with Gasteiger partial charge in [0.15, 0.2) is 0 Å². The summed E-state index contributed by atoms with van der Waals surface area (Å²) in [5, 5.41) is 13.4. The van der Waals surface area contributed by atoms with E-state index in [1.165, 1.54) is 0 Å². The molecular formula is C17H16N4O2S. The second kappa shape index (κ2) is 7.18. The number of aryl methyl sites for hydroxylation is 1. The largest absolute Gasteiger partial charge is 0.421 e. The predicted octanol–water partition coefficient (Wildman–Crippen LogP) is 4.41. The Morgan fingerprint density at radius 3 is 2.46 bits per heavy atom. The number of thioether (sulfide) groups is 1. The summed E-state index contributed by atoms with van der Waals surface area (Å²) >= 11 is 1.62. The fourth-order valence-corrected chi connectivity index (χ4v) is 2.56. The van der Waals surface area contributed by atoms with E-state index < -0.39 is 0 Å². The second-order valence-corrected chi connectivity index (χ2v) is 5.89. The highest BCUT2D eigenvalue weighted by Gasteiger charge is 2.07. The minimum atomic E-state index is -0.297. The number of nitrogens with one attached hydrogen (secondary N) is 2. The van der Waals surface area contributed by atoms with Gasteiger partial charge >= 0.3 is 6.03 Å². The lowest BCUT2D eigenvalue weighted by Gasteiger charge is -2.08. The van der Waals surface area contributed by atoms with Crippen molar-refractivity contribution in [1.29, 1.82) is 0 Å². The molecule has 2 N–H and O–H groups in total. The minimum absolute atomic E-state index is 0.297. The van der Waals surface area contributed by atoms with Crippen LogP contribution in [0.15, 0.2) is 57.8 Å². The lowest BCUT2D eigenvalue weighted by atomic mass is 10.2. The highest BCUT2D eigenvalue weighted by Crippen LogP contribution is 2.21. The molecule has 0 saturated carbocycles. The molecule has 7 heteroatoms. The fourth-order valence-electron chi connectivity index (χ4n) is 2.10. The smallest absolute Gasteiger partial charge is 0.323 e. The summed E-state index contributed by atoms with van der Waals surface area (Å²) < 4.78 is 5.37. The predicted molar refractivity (Wildman–Crippen MR) is 95.3 cm³/mol. The highest BCUT2D eigenvalue weighted by atomic mass is 32.2. The zero-order valence-corrected chi connectivity index (χ0v) is 14.1. The van der Waals surface area contributed by atoms with Crippen molar-refractivity contribution in [1.82, 2.24) is 10.2 Å². The van der Waals surface area contributed by atoms with Crippen LogP contribution >= 0.6 is 11.8 Å². The third-order valence-corrected chi connectivity index (χ3v) is 3.97. The van der Waals surface area contributed by atoms with E-state index in [0.717, 1.165) is 16.1 Å². The Balaban J connectivity index is 1.64. The van der Waals surface area contributed by atoms with Crippen molar-refractivity contribution in [3.05, 3.63) is 54.4 Å². The number of benzene rings is 2. The van der Waals surface area contributed by atoms with Gasteiger partial charge in [-0.05, 0) is 48.7 Å². The molecule has 0 radical (unpaired) electrons. The van der Waals surface area contributed by atoms with E-state index in [0.29, 0.717) is 17.5 Å². The monoisotopic (exact) mass is 340 g/mol. The average molecular weight is 340 g/mol. The molecule has 3 aromatic rings. The molecule has 0 unspecified atom stereocenters. The molecule has 1 aromatic heterocycles. The Labute approximate surface area is 143 Å². The molecule has 0 atom stereocenters. The van der Waals surface area contributed by atoms with Crippen LogP contribution in [0.2, 0.25) is 0 Å². The Morgan fingerprint density at radius 1 is 1.04 bits per heavy atom. The van der Waals surface area contributed by atoms with Gasteiger partial charge in [-0.1, -0.05) is 6.07 Å². The van der Waals surface area contributed by atoms with E-state index in [1.54, 1.807) is 30.8 Å². The average Bonchev–Trinajstić information content (AvgIpc) is 3.02. The summed E-state index contributed by atoms with van der Waals surface area (Å²) in [5.74, 6) is 0.969. The molecule has 0 aliphatic heterocycles. The molecule has 2 amide bonds. The molecule has 0 aliphatic rings. The highest BCUT2D eigenvalue weighted by molar-refractivity contribution is 7.98. The quantitative estimate of drug-likeness (QED) is 0.688. The van der Waals surface area contributed by atoms with E-state index in [9.17, 15) is 4.79 Å². The van der Waals surface area contributed by atoms with Gasteiger partial charge in [0.05, 0.1) is 0 Å². The number of hydrogen-bond donors (Lipinski definition) is 2. The number of urea groups is 1. The van der Waals surface area contributed by atoms with Crippen LogP contribution in [0.5, 0.6) is 0 Å². The van der Waals surface area contributed by atoms with Gasteiger partial charge in [0.2, 0.25) is 11.8 Å². The third kappa shape index (κ3) is 3.94. The molecule has 0 fully saturated rings. The lowest BCUT2D eigenvalue weighted by Crippen LogP contribution is -2.19. The van der Waals surface area contributed by atoms with Crippen molar-refractivity contribution in [3.63, 3.8) is 0 Å². The molecule has 0 aliphatic carbocycles. The first-order valence-electron chi connectivity index (χ1n) is 7.26. The van der Waals surface area contributed by atoms with Gasteiger partial charge in [0.25, 0.3) is 0 Å². The van der Waals surface area contributed by atoms with Crippen molar-refractivity contribution >= 4 is 29.2 Å². The molecule has 122 valence electrons. The second-order valence-electron chi connectivity index (χ2n) is 5.01. The maximum atomic E-state index is 12.1. The van der Waals surface area contributed by atoms with Gasteiger partial charge in [0.1, 0.15) is 0 Å². The van der Waals surface area contributed by atoms with Gasteiger partial charge in [0, 0.05) is 28.8 Å². The molecule has 6 nitrogen and oxygen atoms in total. The number of amides is 2. The molecule has 2 aromatic carbocycles. The van der Waals surface area contributed by atoms with E-state index in [4.69, 9.17) is 4.42 Å². The summed E-state index contributed by atoms with van der Waals surface area (Å²) in [6.45, 7) is 1.74. The summed E-state index contributed by atoms with van der Waals surface area (Å²) in [4.78, 5) is 13.2. The summed E-state index contributed by atoms with van der Waals surface area (Å²) in [7, 11) is 0. The Hall–Kier alpha value is -2.80. The standard InChI is InChI=1S/C17H16N4O2S/c1-11-20-21-16(23-11)12-6-8-13(9-7-12)18-17(22)19-14-4-3-5-15(10-14)24-2/h3-10H,1-2H3,(H2,18,19,22). The maximum absolute atomic E-state index is 12.1. The zero-order chi connectivity index (χ0) is 16.9. The van der Waals surface area contributed by atoms with Crippen LogP contribution in [0.4, 0.5) is 16.2 Å². The normalized spacial score (nSPS) is 10.4. The van der Waals surface area contributed by atoms with Gasteiger partial charge in [-0.15, -0.1) is 22.0 Å². The first kappa shape index (κ1) is 16.1. The number of rotatable bonds is 4. The zero-order valence-electron chi connectivity index (χ0n) is 13.2. The SMILES string of the molecule is CSc1cccc(NC(=O)Nc2ccc(-c3nnc(C)o3)cc2)c1. The fraction of sp³-hybridized carbons (Fsp3) is 0.118. The first-order valence-corrected chi connectivity index (χ1v) is 8.49. The maximum Gasteiger partial charge on any atom is 0.323 e. The van der Waals surface area contributed by atoms with Crippen LogP contribution in [0, 0.1) is 6.92 Å². The summed E-state index contributed by atoms with van der Waals surface area (Å²) in [5.41, 5.74) is 2.22. The van der Waals surface area contributed by atoms with E-state index in [-0.39, 0.29) is 6.03 Å². The van der Waals surface area contributed by atoms with Crippen LogP contribution in [0.25, 0.3) is 11.5 Å². The third-order valence-electron chi connectivity index (χ3n) is 3.24. The van der Waals surface area contributed by atoms with Crippen molar-refractivity contribution in [2.24, 2.45) is 0 Å². The van der Waals surface area contributed by atoms with E-state index in [2.05, 4.69) is 20.8 Å². The van der Waals surface area contributed by atoms with E-state index >= 15 is 0 Å². The van der Waals surface area contributed by atoms with Crippen LogP contribution in [-0.2, 0) is 0 Å². The van der Waals surface area contributed by atoms with E-state index in [1.807, 2.05) is 42.7 Å². The molecule has 1 heterocycles. The summed E-state index contributed by atoms with van der Waals surface area (Å²) in [6, 6.07) is 14.6. The Morgan fingerprint density at radius 2 is 1.79 bits per heavy atom. The van der Waals surface area contributed by atoms with Gasteiger partial charge in [-0.3, -0.25) is 0 Å². The molecule has 3 rings (SSSR count). The van der Waals surface area contributed by atoms with Gasteiger partial charge in [-0.2, -0.15) is 0 Å². The first-order chi connectivity index (χ1) is 11.6. The minimum Gasteiger partial charge on any atom is -0.421 e. The van der Waals surface area contributed by atoms with Crippen LogP contribution < -0.4 is 10.6 Å². The van der Waals surface area contributed by atoms with Crippen LogP contribution in [0.3, 0.4) is 0 Å². The Bertz CT molecular complexity index is 846. The van der Waals surface area contributed by atoms with Gasteiger partial charge in [-0.25, -0.2) is 4.79 Å².